The number of unbranched alkanes of at least 4 members (excludes halogenated alkanes) is 2. The fraction of sp³-hybridized carbons (Fsp3) is 0.682. The number of carbonyl (C=O) groups is 1. The number of aryl methyl sites for hydroxylation is 1. The molecule has 0 saturated heterocycles. The second-order valence-electron chi connectivity index (χ2n) is 7.48. The smallest absolute Gasteiger partial charge is 0.407 e. The van der Waals surface area contributed by atoms with E-state index in [1.165, 1.54) is 0 Å². The van der Waals surface area contributed by atoms with Crippen LogP contribution < -0.4 is 5.32 Å². The van der Waals surface area contributed by atoms with Crippen molar-refractivity contribution in [2.24, 2.45) is 5.11 Å². The number of hydrogen-bond acceptors (Lipinski definition) is 7. The molecule has 1 aromatic carbocycles. The van der Waals surface area contributed by atoms with Gasteiger partial charge in [-0.1, -0.05) is 29.2 Å². The van der Waals surface area contributed by atoms with E-state index in [2.05, 4.69) is 15.3 Å². The number of azide groups is 1. The molecule has 0 spiro atoms. The SMILES string of the molecule is CCOC(CCNC(=O)OC(CCCCCN=[N+]=[N-])CS(=O)(=O)c1ccc(C)cc1)OCC. The predicted octanol–water partition coefficient (Wildman–Crippen LogP) is 4.52. The lowest BCUT2D eigenvalue weighted by Gasteiger charge is -2.20. The predicted molar refractivity (Wildman–Crippen MR) is 126 cm³/mol. The number of alkyl carbamates (subject to hydrolysis) is 1. The normalized spacial score (nSPS) is 12.2. The molecule has 0 heterocycles. The van der Waals surface area contributed by atoms with Crippen LogP contribution in [0.15, 0.2) is 34.3 Å². The fourth-order valence-electron chi connectivity index (χ4n) is 3.11. The number of ether oxygens (including phenoxy) is 3. The van der Waals surface area contributed by atoms with Crippen LogP contribution in [0.1, 0.15) is 51.5 Å². The van der Waals surface area contributed by atoms with Gasteiger partial charge >= 0.3 is 6.09 Å². The highest BCUT2D eigenvalue weighted by atomic mass is 32.2. The minimum atomic E-state index is -3.63. The van der Waals surface area contributed by atoms with E-state index in [1.807, 2.05) is 20.8 Å². The van der Waals surface area contributed by atoms with Gasteiger partial charge in [0.1, 0.15) is 6.10 Å². The van der Waals surface area contributed by atoms with E-state index in [0.717, 1.165) is 12.0 Å². The van der Waals surface area contributed by atoms with E-state index < -0.39 is 28.3 Å². The van der Waals surface area contributed by atoms with Gasteiger partial charge in [-0.05, 0) is 57.7 Å². The van der Waals surface area contributed by atoms with Crippen molar-refractivity contribution in [2.75, 3.05) is 32.1 Å². The lowest BCUT2D eigenvalue weighted by Crippen LogP contribution is -2.35. The maximum atomic E-state index is 12.9. The van der Waals surface area contributed by atoms with E-state index >= 15 is 0 Å². The molecule has 11 heteroatoms. The van der Waals surface area contributed by atoms with Gasteiger partial charge in [-0.15, -0.1) is 0 Å². The van der Waals surface area contributed by atoms with Gasteiger partial charge < -0.3 is 19.5 Å². The van der Waals surface area contributed by atoms with Crippen molar-refractivity contribution in [3.63, 3.8) is 0 Å². The molecule has 0 aliphatic carbocycles. The number of carbonyl (C=O) groups excluding carboxylic acids is 1. The number of hydrogen-bond donors (Lipinski definition) is 1. The summed E-state index contributed by atoms with van der Waals surface area (Å²) in [5.74, 6) is -0.305. The Morgan fingerprint density at radius 3 is 2.36 bits per heavy atom. The molecule has 1 unspecified atom stereocenters. The van der Waals surface area contributed by atoms with Gasteiger partial charge in [-0.25, -0.2) is 13.2 Å². The van der Waals surface area contributed by atoms with Crippen LogP contribution in [0.2, 0.25) is 0 Å². The van der Waals surface area contributed by atoms with Crippen molar-refractivity contribution in [2.45, 2.75) is 70.2 Å². The summed E-state index contributed by atoms with van der Waals surface area (Å²) < 4.78 is 42.1. The first-order valence-corrected chi connectivity index (χ1v) is 13.0. The summed E-state index contributed by atoms with van der Waals surface area (Å²) in [7, 11) is -3.63. The molecule has 0 saturated carbocycles. The number of sulfone groups is 1. The third-order valence-corrected chi connectivity index (χ3v) is 6.56. The minimum Gasteiger partial charge on any atom is -0.445 e. The van der Waals surface area contributed by atoms with Crippen LogP contribution in [0, 0.1) is 6.92 Å². The average Bonchev–Trinajstić information content (AvgIpc) is 2.76. The van der Waals surface area contributed by atoms with Crippen LogP contribution in [0.3, 0.4) is 0 Å². The maximum absolute atomic E-state index is 12.9. The molecule has 0 bridgehead atoms. The summed E-state index contributed by atoms with van der Waals surface area (Å²) in [5.41, 5.74) is 9.30. The molecule has 0 aliphatic heterocycles. The molecule has 0 aromatic heterocycles. The zero-order valence-electron chi connectivity index (χ0n) is 19.7. The highest BCUT2D eigenvalue weighted by Gasteiger charge is 2.24. The van der Waals surface area contributed by atoms with Gasteiger partial charge in [0.05, 0.1) is 10.6 Å². The first kappa shape index (κ1) is 28.7. The van der Waals surface area contributed by atoms with Crippen LogP contribution in [-0.4, -0.2) is 59.0 Å². The molecule has 1 aromatic rings. The van der Waals surface area contributed by atoms with Gasteiger partial charge in [-0.2, -0.15) is 0 Å². The maximum Gasteiger partial charge on any atom is 0.407 e. The second kappa shape index (κ2) is 16.3. The summed E-state index contributed by atoms with van der Waals surface area (Å²) in [6, 6.07) is 6.59. The highest BCUT2D eigenvalue weighted by Crippen LogP contribution is 2.17. The third-order valence-electron chi connectivity index (χ3n) is 4.76. The molecule has 10 nitrogen and oxygen atoms in total. The van der Waals surface area contributed by atoms with Gasteiger partial charge in [0.15, 0.2) is 16.1 Å². The molecule has 33 heavy (non-hydrogen) atoms. The molecule has 1 rings (SSSR count). The molecule has 0 fully saturated rings. The standard InChI is InChI=1S/C22H36N4O6S/c1-4-30-21(31-5-2)14-16-24-22(27)32-19(9-7-6-8-15-25-26-23)17-33(28,29)20-12-10-18(3)11-13-20/h10-13,19,21H,4-9,14-17H2,1-3H3,(H,24,27). The Balaban J connectivity index is 2.69. The summed E-state index contributed by atoms with van der Waals surface area (Å²) in [6.45, 7) is 7.24. The van der Waals surface area contributed by atoms with Crippen molar-refractivity contribution in [1.29, 1.82) is 0 Å². The Morgan fingerprint density at radius 1 is 1.09 bits per heavy atom. The molecular formula is C22H36N4O6S. The van der Waals surface area contributed by atoms with Gasteiger partial charge in [0.2, 0.25) is 0 Å². The Hall–Kier alpha value is -2.33. The second-order valence-corrected chi connectivity index (χ2v) is 9.52. The van der Waals surface area contributed by atoms with Crippen molar-refractivity contribution in [3.05, 3.63) is 40.3 Å². The van der Waals surface area contributed by atoms with Crippen LogP contribution in [0.4, 0.5) is 4.79 Å². The monoisotopic (exact) mass is 484 g/mol. The van der Waals surface area contributed by atoms with E-state index in [4.69, 9.17) is 19.7 Å². The fourth-order valence-corrected chi connectivity index (χ4v) is 4.58. The highest BCUT2D eigenvalue weighted by molar-refractivity contribution is 7.91. The van der Waals surface area contributed by atoms with Crippen LogP contribution in [0.5, 0.6) is 0 Å². The molecule has 1 N–H and O–H groups in total. The Kier molecular flexibility index (Phi) is 14.2. The van der Waals surface area contributed by atoms with E-state index in [9.17, 15) is 13.2 Å². The molecular weight excluding hydrogens is 448 g/mol. The average molecular weight is 485 g/mol. The largest absolute Gasteiger partial charge is 0.445 e. The van der Waals surface area contributed by atoms with Crippen molar-refractivity contribution >= 4 is 15.9 Å². The van der Waals surface area contributed by atoms with Crippen molar-refractivity contribution < 1.29 is 27.4 Å². The van der Waals surface area contributed by atoms with Gasteiger partial charge in [-0.3, -0.25) is 0 Å². The lowest BCUT2D eigenvalue weighted by molar-refractivity contribution is -0.138. The molecule has 1 amide bonds. The van der Waals surface area contributed by atoms with Gasteiger partial charge in [0, 0.05) is 37.6 Å². The van der Waals surface area contributed by atoms with Gasteiger partial charge in [0.25, 0.3) is 0 Å². The number of amides is 1. The van der Waals surface area contributed by atoms with E-state index in [-0.39, 0.29) is 17.2 Å². The Morgan fingerprint density at radius 2 is 1.76 bits per heavy atom. The minimum absolute atomic E-state index is 0.196. The summed E-state index contributed by atoms with van der Waals surface area (Å²) in [4.78, 5) is 15.2. The first-order chi connectivity index (χ1) is 15.8. The number of benzene rings is 1. The summed E-state index contributed by atoms with van der Waals surface area (Å²) in [5, 5.41) is 6.13. The zero-order valence-corrected chi connectivity index (χ0v) is 20.6. The van der Waals surface area contributed by atoms with Crippen LogP contribution >= 0.6 is 0 Å². The molecule has 186 valence electrons. The molecule has 1 atom stereocenters. The number of nitrogens with zero attached hydrogens (tertiary/aromatic N) is 3. The van der Waals surface area contributed by atoms with Crippen LogP contribution in [-0.2, 0) is 24.0 Å². The van der Waals surface area contributed by atoms with E-state index in [0.29, 0.717) is 45.4 Å². The summed E-state index contributed by atoms with van der Waals surface area (Å²) in [6.07, 6.45) is 0.982. The third kappa shape index (κ3) is 12.5. The Bertz CT molecular complexity index is 835. The quantitative estimate of drug-likeness (QED) is 0.113. The first-order valence-electron chi connectivity index (χ1n) is 11.3. The number of nitrogens with one attached hydrogen (secondary N) is 1. The Labute approximate surface area is 196 Å². The number of rotatable bonds is 17. The van der Waals surface area contributed by atoms with Crippen molar-refractivity contribution in [1.82, 2.24) is 5.32 Å². The summed E-state index contributed by atoms with van der Waals surface area (Å²) >= 11 is 0. The van der Waals surface area contributed by atoms with Crippen molar-refractivity contribution in [3.8, 4) is 0 Å². The topological polar surface area (TPSA) is 140 Å². The molecule has 0 radical (unpaired) electrons. The molecule has 0 aliphatic rings. The zero-order chi connectivity index (χ0) is 24.5. The lowest BCUT2D eigenvalue weighted by atomic mass is 10.1. The van der Waals surface area contributed by atoms with Crippen LogP contribution in [0.25, 0.3) is 10.4 Å². The van der Waals surface area contributed by atoms with E-state index in [1.54, 1.807) is 24.3 Å².